The molecule has 1 fully saturated rings. The summed E-state index contributed by atoms with van der Waals surface area (Å²) in [6.07, 6.45) is 8.98. The van der Waals surface area contributed by atoms with Crippen LogP contribution < -0.4 is 0 Å². The standard InChI is InChI=1S/C17H18N2O2S/c20-22(21)16-7-4-8-17(22)10-13(9-16)14-11-18-19(12-14)15-5-2-1-3-6-15/h1-3,5-6,9,11-12,16-17H,4,7-8,10H2. The monoisotopic (exact) mass is 314 g/mol. The van der Waals surface area contributed by atoms with E-state index in [1.165, 1.54) is 0 Å². The van der Waals surface area contributed by atoms with Gasteiger partial charge in [-0.05, 0) is 37.0 Å². The van der Waals surface area contributed by atoms with Gasteiger partial charge in [-0.1, -0.05) is 30.7 Å². The molecule has 5 heteroatoms. The Bertz CT molecular complexity index is 821. The highest BCUT2D eigenvalue weighted by Gasteiger charge is 2.40. The van der Waals surface area contributed by atoms with Crippen LogP contribution in [0.15, 0.2) is 48.8 Å². The maximum atomic E-state index is 12.3. The van der Waals surface area contributed by atoms with E-state index in [-0.39, 0.29) is 10.5 Å². The molecule has 1 saturated heterocycles. The van der Waals surface area contributed by atoms with Crippen LogP contribution in [0.3, 0.4) is 0 Å². The van der Waals surface area contributed by atoms with E-state index in [4.69, 9.17) is 0 Å². The predicted molar refractivity (Wildman–Crippen MR) is 86.5 cm³/mol. The van der Waals surface area contributed by atoms with Gasteiger partial charge in [-0.3, -0.25) is 0 Å². The van der Waals surface area contributed by atoms with Crippen molar-refractivity contribution in [3.63, 3.8) is 0 Å². The fourth-order valence-corrected chi connectivity index (χ4v) is 5.73. The van der Waals surface area contributed by atoms with Gasteiger partial charge in [0.15, 0.2) is 9.84 Å². The highest BCUT2D eigenvalue weighted by atomic mass is 32.2. The molecule has 0 amide bonds. The first-order chi connectivity index (χ1) is 10.6. The number of sulfone groups is 1. The van der Waals surface area contributed by atoms with Crippen LogP contribution in [-0.4, -0.2) is 28.7 Å². The summed E-state index contributed by atoms with van der Waals surface area (Å²) in [6.45, 7) is 0. The molecule has 2 aromatic rings. The van der Waals surface area contributed by atoms with E-state index >= 15 is 0 Å². The van der Waals surface area contributed by atoms with E-state index in [1.807, 2.05) is 53.5 Å². The molecule has 0 spiro atoms. The molecule has 2 unspecified atom stereocenters. The molecule has 2 atom stereocenters. The molecule has 4 rings (SSSR count). The van der Waals surface area contributed by atoms with Crippen molar-refractivity contribution in [2.45, 2.75) is 36.2 Å². The summed E-state index contributed by atoms with van der Waals surface area (Å²) in [6, 6.07) is 9.95. The first-order valence-corrected chi connectivity index (χ1v) is 9.29. The molecule has 2 aliphatic heterocycles. The number of hydrogen-bond acceptors (Lipinski definition) is 3. The summed E-state index contributed by atoms with van der Waals surface area (Å²) in [5.74, 6) is 0. The summed E-state index contributed by atoms with van der Waals surface area (Å²) in [7, 11) is -2.96. The lowest BCUT2D eigenvalue weighted by Crippen LogP contribution is -2.38. The van der Waals surface area contributed by atoms with E-state index in [0.29, 0.717) is 6.42 Å². The number of rotatable bonds is 2. The van der Waals surface area contributed by atoms with E-state index in [9.17, 15) is 8.42 Å². The van der Waals surface area contributed by atoms with Gasteiger partial charge in [-0.25, -0.2) is 13.1 Å². The Balaban J connectivity index is 1.69. The zero-order chi connectivity index (χ0) is 15.2. The van der Waals surface area contributed by atoms with Gasteiger partial charge in [-0.15, -0.1) is 0 Å². The van der Waals surface area contributed by atoms with Crippen molar-refractivity contribution >= 4 is 15.4 Å². The highest BCUT2D eigenvalue weighted by molar-refractivity contribution is 7.93. The van der Waals surface area contributed by atoms with Crippen molar-refractivity contribution in [3.8, 4) is 5.69 Å². The quantitative estimate of drug-likeness (QED) is 0.856. The first-order valence-electron chi connectivity index (χ1n) is 7.68. The molecular weight excluding hydrogens is 296 g/mol. The molecule has 0 radical (unpaired) electrons. The van der Waals surface area contributed by atoms with Crippen LogP contribution in [0.5, 0.6) is 0 Å². The van der Waals surface area contributed by atoms with Gasteiger partial charge in [0.1, 0.15) is 0 Å². The summed E-state index contributed by atoms with van der Waals surface area (Å²) in [4.78, 5) is 0. The maximum absolute atomic E-state index is 12.3. The molecule has 22 heavy (non-hydrogen) atoms. The predicted octanol–water partition coefficient (Wildman–Crippen LogP) is 3.00. The van der Waals surface area contributed by atoms with Crippen LogP contribution in [0.4, 0.5) is 0 Å². The molecule has 2 bridgehead atoms. The SMILES string of the molecule is O=S1(=O)C2C=C(c3cnn(-c4ccccc4)c3)CC1CCC2. The second-order valence-corrected chi connectivity index (χ2v) is 8.54. The molecule has 3 heterocycles. The van der Waals surface area contributed by atoms with Gasteiger partial charge in [0, 0.05) is 11.8 Å². The minimum absolute atomic E-state index is 0.202. The maximum Gasteiger partial charge on any atom is 0.159 e. The number of aromatic nitrogens is 2. The van der Waals surface area contributed by atoms with Crippen molar-refractivity contribution in [1.29, 1.82) is 0 Å². The van der Waals surface area contributed by atoms with Crippen molar-refractivity contribution in [2.75, 3.05) is 0 Å². The average Bonchev–Trinajstić information content (AvgIpc) is 2.97. The van der Waals surface area contributed by atoms with Gasteiger partial charge in [0.05, 0.1) is 22.4 Å². The molecule has 114 valence electrons. The highest BCUT2D eigenvalue weighted by Crippen LogP contribution is 2.39. The number of benzene rings is 1. The summed E-state index contributed by atoms with van der Waals surface area (Å²) in [5, 5.41) is 3.92. The van der Waals surface area contributed by atoms with E-state index < -0.39 is 9.84 Å². The number of fused-ring (bicyclic) bond motifs is 2. The van der Waals surface area contributed by atoms with Gasteiger partial charge < -0.3 is 0 Å². The Morgan fingerprint density at radius 3 is 2.73 bits per heavy atom. The summed E-state index contributed by atoms with van der Waals surface area (Å²) in [5.41, 5.74) is 3.18. The van der Waals surface area contributed by atoms with E-state index in [1.54, 1.807) is 0 Å². The van der Waals surface area contributed by atoms with Crippen LogP contribution in [0.2, 0.25) is 0 Å². The van der Waals surface area contributed by atoms with Gasteiger partial charge in [0.2, 0.25) is 0 Å². The van der Waals surface area contributed by atoms with E-state index in [2.05, 4.69) is 5.10 Å². The number of para-hydroxylation sites is 1. The third-order valence-corrected chi connectivity index (χ3v) is 7.26. The minimum Gasteiger partial charge on any atom is -0.240 e. The molecule has 0 aliphatic carbocycles. The molecule has 0 saturated carbocycles. The van der Waals surface area contributed by atoms with Crippen molar-refractivity contribution in [1.82, 2.24) is 9.78 Å². The van der Waals surface area contributed by atoms with Crippen LogP contribution in [-0.2, 0) is 9.84 Å². The Morgan fingerprint density at radius 1 is 1.14 bits per heavy atom. The van der Waals surface area contributed by atoms with Crippen LogP contribution >= 0.6 is 0 Å². The average molecular weight is 314 g/mol. The molecule has 1 aromatic carbocycles. The topological polar surface area (TPSA) is 52.0 Å². The molecule has 4 nitrogen and oxygen atoms in total. The van der Waals surface area contributed by atoms with Crippen LogP contribution in [0, 0.1) is 0 Å². The van der Waals surface area contributed by atoms with Crippen LogP contribution in [0.1, 0.15) is 31.2 Å². The lowest BCUT2D eigenvalue weighted by molar-refractivity contribution is 0.518. The lowest BCUT2D eigenvalue weighted by atomic mass is 9.95. The molecular formula is C17H18N2O2S. The zero-order valence-electron chi connectivity index (χ0n) is 12.2. The Labute approximate surface area is 130 Å². The molecule has 0 N–H and O–H groups in total. The summed E-state index contributed by atoms with van der Waals surface area (Å²) < 4.78 is 26.5. The number of hydrogen-bond donors (Lipinski definition) is 0. The third-order valence-electron chi connectivity index (χ3n) is 4.71. The van der Waals surface area contributed by atoms with Crippen molar-refractivity contribution < 1.29 is 8.42 Å². The number of nitrogens with zero attached hydrogens (tertiary/aromatic N) is 2. The smallest absolute Gasteiger partial charge is 0.159 e. The second-order valence-electron chi connectivity index (χ2n) is 6.09. The van der Waals surface area contributed by atoms with Gasteiger partial charge in [0.25, 0.3) is 0 Å². The Morgan fingerprint density at radius 2 is 1.95 bits per heavy atom. The normalized spacial score (nSPS) is 26.5. The second kappa shape index (κ2) is 5.09. The fraction of sp³-hybridized carbons (Fsp3) is 0.353. The minimum atomic E-state index is -2.96. The zero-order valence-corrected chi connectivity index (χ0v) is 13.0. The molecule has 1 aromatic heterocycles. The summed E-state index contributed by atoms with van der Waals surface area (Å²) >= 11 is 0. The van der Waals surface area contributed by atoms with Crippen molar-refractivity contribution in [3.05, 3.63) is 54.4 Å². The van der Waals surface area contributed by atoms with Crippen LogP contribution in [0.25, 0.3) is 11.3 Å². The van der Waals surface area contributed by atoms with Crippen molar-refractivity contribution in [2.24, 2.45) is 0 Å². The Hall–Kier alpha value is -1.88. The van der Waals surface area contributed by atoms with Gasteiger partial charge in [-0.2, -0.15) is 5.10 Å². The Kier molecular flexibility index (Phi) is 3.18. The number of allylic oxidation sites excluding steroid dienone is 1. The largest absolute Gasteiger partial charge is 0.240 e. The third kappa shape index (κ3) is 2.20. The molecule has 2 aliphatic rings. The lowest BCUT2D eigenvalue weighted by Gasteiger charge is -2.33. The fourth-order valence-electron chi connectivity index (χ4n) is 3.48. The van der Waals surface area contributed by atoms with Gasteiger partial charge >= 0.3 is 0 Å². The van der Waals surface area contributed by atoms with E-state index in [0.717, 1.165) is 36.1 Å². The first kappa shape index (κ1) is 13.8.